The molecule has 15 heavy (non-hydrogen) atoms. The number of aromatic nitrogens is 1. The molecule has 5 heteroatoms. The summed E-state index contributed by atoms with van der Waals surface area (Å²) in [5.41, 5.74) is 0. The van der Waals surface area contributed by atoms with Crippen LogP contribution in [0.2, 0.25) is 0 Å². The minimum atomic E-state index is 0.0602. The summed E-state index contributed by atoms with van der Waals surface area (Å²) >= 11 is 1.69. The molecule has 0 saturated carbocycles. The molecule has 2 N–H and O–H groups in total. The van der Waals surface area contributed by atoms with Gasteiger partial charge in [0.15, 0.2) is 0 Å². The molecule has 1 unspecified atom stereocenters. The highest BCUT2D eigenvalue weighted by atomic mass is 32.1. The summed E-state index contributed by atoms with van der Waals surface area (Å²) in [6.07, 6.45) is 2.38. The van der Waals surface area contributed by atoms with Gasteiger partial charge in [-0.15, -0.1) is 11.3 Å². The second kappa shape index (κ2) is 5.82. The van der Waals surface area contributed by atoms with Crippen molar-refractivity contribution in [1.82, 2.24) is 15.6 Å². The van der Waals surface area contributed by atoms with Crippen molar-refractivity contribution < 1.29 is 4.79 Å². The fraction of sp³-hybridized carbons (Fsp3) is 0.600. The van der Waals surface area contributed by atoms with Gasteiger partial charge >= 0.3 is 0 Å². The highest BCUT2D eigenvalue weighted by Gasteiger charge is 2.08. The highest BCUT2D eigenvalue weighted by molar-refractivity contribution is 7.11. The van der Waals surface area contributed by atoms with Crippen molar-refractivity contribution in [3.8, 4) is 0 Å². The molecule has 1 atom stereocenters. The van der Waals surface area contributed by atoms with Gasteiger partial charge in [-0.25, -0.2) is 4.98 Å². The Labute approximate surface area is 94.1 Å². The third kappa shape index (κ3) is 3.97. The summed E-state index contributed by atoms with van der Waals surface area (Å²) in [5, 5.41) is 6.93. The largest absolute Gasteiger partial charge is 0.359 e. The molecule has 1 heterocycles. The van der Waals surface area contributed by atoms with Crippen LogP contribution < -0.4 is 10.6 Å². The van der Waals surface area contributed by atoms with E-state index >= 15 is 0 Å². The maximum atomic E-state index is 11.0. The van der Waals surface area contributed by atoms with E-state index < -0.39 is 0 Å². The lowest BCUT2D eigenvalue weighted by molar-refractivity contribution is -0.120. The van der Waals surface area contributed by atoms with Crippen molar-refractivity contribution >= 4 is 17.2 Å². The number of hydrogen-bond acceptors (Lipinski definition) is 4. The van der Waals surface area contributed by atoms with Crippen molar-refractivity contribution in [2.45, 2.75) is 26.3 Å². The predicted octanol–water partition coefficient (Wildman–Crippen LogP) is 1.24. The molecule has 1 rings (SSSR count). The number of amides is 1. The summed E-state index contributed by atoms with van der Waals surface area (Å²) in [5.74, 6) is 0.0602. The fourth-order valence-corrected chi connectivity index (χ4v) is 1.99. The minimum absolute atomic E-state index is 0.0602. The van der Waals surface area contributed by atoms with E-state index in [1.807, 2.05) is 13.1 Å². The van der Waals surface area contributed by atoms with E-state index in [1.54, 1.807) is 18.4 Å². The number of rotatable bonds is 5. The van der Waals surface area contributed by atoms with E-state index in [4.69, 9.17) is 0 Å². The quantitative estimate of drug-likeness (QED) is 0.795. The van der Waals surface area contributed by atoms with Crippen molar-refractivity contribution in [2.75, 3.05) is 13.6 Å². The normalized spacial score (nSPS) is 12.5. The second-order valence-corrected chi connectivity index (χ2v) is 4.67. The molecular formula is C10H17N3OS. The number of thiazole rings is 1. The smallest absolute Gasteiger partial charge is 0.221 e. The van der Waals surface area contributed by atoms with Crippen LogP contribution in [0.1, 0.15) is 29.3 Å². The van der Waals surface area contributed by atoms with Gasteiger partial charge in [0.25, 0.3) is 0 Å². The van der Waals surface area contributed by atoms with E-state index in [0.717, 1.165) is 5.01 Å². The summed E-state index contributed by atoms with van der Waals surface area (Å²) in [6, 6.07) is 0.216. The zero-order chi connectivity index (χ0) is 11.3. The molecule has 0 aliphatic heterocycles. The number of carbonyl (C=O) groups is 1. The zero-order valence-corrected chi connectivity index (χ0v) is 10.1. The molecule has 1 aromatic rings. The lowest BCUT2D eigenvalue weighted by Gasteiger charge is -2.10. The second-order valence-electron chi connectivity index (χ2n) is 3.41. The maximum absolute atomic E-state index is 11.0. The first-order valence-electron chi connectivity index (χ1n) is 4.99. The van der Waals surface area contributed by atoms with Gasteiger partial charge in [-0.1, -0.05) is 0 Å². The van der Waals surface area contributed by atoms with Crippen LogP contribution in [0.3, 0.4) is 0 Å². The summed E-state index contributed by atoms with van der Waals surface area (Å²) < 4.78 is 0. The summed E-state index contributed by atoms with van der Waals surface area (Å²) in [4.78, 5) is 16.5. The van der Waals surface area contributed by atoms with Gasteiger partial charge < -0.3 is 10.6 Å². The molecule has 84 valence electrons. The van der Waals surface area contributed by atoms with Crippen molar-refractivity contribution in [2.24, 2.45) is 0 Å². The van der Waals surface area contributed by atoms with Crippen LogP contribution in [0.5, 0.6) is 0 Å². The number of nitrogens with one attached hydrogen (secondary N) is 2. The molecule has 0 fully saturated rings. The average molecular weight is 227 g/mol. The maximum Gasteiger partial charge on any atom is 0.221 e. The molecule has 4 nitrogen and oxygen atoms in total. The van der Waals surface area contributed by atoms with Gasteiger partial charge in [-0.05, 0) is 13.8 Å². The van der Waals surface area contributed by atoms with E-state index in [9.17, 15) is 4.79 Å². The van der Waals surface area contributed by atoms with Gasteiger partial charge in [0.1, 0.15) is 5.01 Å². The van der Waals surface area contributed by atoms with Crippen LogP contribution in [-0.2, 0) is 4.79 Å². The third-order valence-electron chi connectivity index (χ3n) is 2.09. The zero-order valence-electron chi connectivity index (χ0n) is 9.33. The van der Waals surface area contributed by atoms with E-state index in [0.29, 0.717) is 13.0 Å². The predicted molar refractivity (Wildman–Crippen MR) is 62.0 cm³/mol. The molecule has 0 spiro atoms. The van der Waals surface area contributed by atoms with Gasteiger partial charge in [-0.3, -0.25) is 4.79 Å². The Bertz CT molecular complexity index is 324. The molecule has 0 saturated heterocycles. The topological polar surface area (TPSA) is 54.0 Å². The van der Waals surface area contributed by atoms with Crippen LogP contribution in [0.15, 0.2) is 6.20 Å². The Kier molecular flexibility index (Phi) is 4.71. The third-order valence-corrected chi connectivity index (χ3v) is 3.19. The molecular weight excluding hydrogens is 210 g/mol. The molecule has 1 amide bonds. The summed E-state index contributed by atoms with van der Waals surface area (Å²) in [6.45, 7) is 4.78. The van der Waals surface area contributed by atoms with Crippen LogP contribution in [-0.4, -0.2) is 24.5 Å². The monoisotopic (exact) mass is 227 g/mol. The number of nitrogens with zero attached hydrogens (tertiary/aromatic N) is 1. The van der Waals surface area contributed by atoms with Crippen LogP contribution >= 0.6 is 11.3 Å². The van der Waals surface area contributed by atoms with Crippen LogP contribution in [0.4, 0.5) is 0 Å². The molecule has 0 radical (unpaired) electrons. The molecule has 1 aromatic heterocycles. The lowest BCUT2D eigenvalue weighted by Crippen LogP contribution is -2.26. The number of aryl methyl sites for hydroxylation is 1. The first-order valence-corrected chi connectivity index (χ1v) is 5.81. The van der Waals surface area contributed by atoms with E-state index in [1.165, 1.54) is 4.88 Å². The molecule has 0 aliphatic carbocycles. The van der Waals surface area contributed by atoms with E-state index in [-0.39, 0.29) is 11.9 Å². The Morgan fingerprint density at radius 2 is 2.40 bits per heavy atom. The SMILES string of the molecule is CNC(=O)CCNC(C)c1ncc(C)s1. The van der Waals surface area contributed by atoms with Gasteiger partial charge in [0.2, 0.25) is 5.91 Å². The average Bonchev–Trinajstić information content (AvgIpc) is 2.64. The standard InChI is InChI=1S/C10H17N3OS/c1-7-6-13-10(15-7)8(2)12-5-4-9(14)11-3/h6,8,12H,4-5H2,1-3H3,(H,11,14). The lowest BCUT2D eigenvalue weighted by atomic mass is 10.3. The van der Waals surface area contributed by atoms with Crippen molar-refractivity contribution in [3.05, 3.63) is 16.1 Å². The molecule has 0 aliphatic rings. The number of hydrogen-bond donors (Lipinski definition) is 2. The minimum Gasteiger partial charge on any atom is -0.359 e. The Morgan fingerprint density at radius 1 is 1.67 bits per heavy atom. The van der Waals surface area contributed by atoms with Crippen molar-refractivity contribution in [3.63, 3.8) is 0 Å². The van der Waals surface area contributed by atoms with Crippen LogP contribution in [0.25, 0.3) is 0 Å². The highest BCUT2D eigenvalue weighted by Crippen LogP contribution is 2.18. The summed E-state index contributed by atoms with van der Waals surface area (Å²) in [7, 11) is 1.65. The Balaban J connectivity index is 2.30. The Morgan fingerprint density at radius 3 is 2.93 bits per heavy atom. The van der Waals surface area contributed by atoms with E-state index in [2.05, 4.69) is 22.5 Å². The van der Waals surface area contributed by atoms with Crippen LogP contribution in [0, 0.1) is 6.92 Å². The first-order chi connectivity index (χ1) is 7.13. The number of carbonyl (C=O) groups excluding carboxylic acids is 1. The molecule has 0 bridgehead atoms. The van der Waals surface area contributed by atoms with Gasteiger partial charge in [0, 0.05) is 31.1 Å². The first kappa shape index (κ1) is 12.1. The van der Waals surface area contributed by atoms with Crippen molar-refractivity contribution in [1.29, 1.82) is 0 Å². The van der Waals surface area contributed by atoms with Gasteiger partial charge in [0.05, 0.1) is 6.04 Å². The fourth-order valence-electron chi connectivity index (χ4n) is 1.19. The molecule has 0 aromatic carbocycles. The van der Waals surface area contributed by atoms with Gasteiger partial charge in [-0.2, -0.15) is 0 Å². The Hall–Kier alpha value is -0.940.